The number of halogens is 5. The maximum absolute atomic E-state index is 13.6. The van der Waals surface area contributed by atoms with E-state index < -0.39 is 17.3 Å². The Hall–Kier alpha value is -3.39. The van der Waals surface area contributed by atoms with E-state index in [9.17, 15) is 18.4 Å². The first-order valence-corrected chi connectivity index (χ1v) is 11.7. The van der Waals surface area contributed by atoms with E-state index in [0.717, 1.165) is 6.07 Å². The number of piperidine rings is 1. The predicted octanol–water partition coefficient (Wildman–Crippen LogP) is 5.67. The monoisotopic (exact) mass is 531 g/mol. The third-order valence-corrected chi connectivity index (χ3v) is 7.25. The lowest BCUT2D eigenvalue weighted by molar-refractivity contribution is -0.138. The second-order valence-electron chi connectivity index (χ2n) is 8.57. The summed E-state index contributed by atoms with van der Waals surface area (Å²) in [4.78, 5) is 10.7. The van der Waals surface area contributed by atoms with Gasteiger partial charge in [0.05, 0.1) is 26.7 Å². The molecule has 0 saturated carbocycles. The number of hydrogen-bond acceptors (Lipinski definition) is 6. The minimum atomic E-state index is -4.50. The quantitative estimate of drug-likeness (QED) is 0.352. The first-order chi connectivity index (χ1) is 17.1. The van der Waals surface area contributed by atoms with Crippen LogP contribution in [-0.4, -0.2) is 33.3 Å². The zero-order chi connectivity index (χ0) is 25.7. The van der Waals surface area contributed by atoms with E-state index in [1.165, 1.54) is 12.1 Å². The van der Waals surface area contributed by atoms with Gasteiger partial charge in [-0.1, -0.05) is 53.5 Å². The molecule has 2 aromatic carbocycles. The molecule has 12 heteroatoms. The van der Waals surface area contributed by atoms with Gasteiger partial charge in [0.15, 0.2) is 11.3 Å². The van der Waals surface area contributed by atoms with E-state index in [0.29, 0.717) is 39.8 Å². The Morgan fingerprint density at radius 1 is 1.06 bits per heavy atom. The lowest BCUT2D eigenvalue weighted by Crippen LogP contribution is -2.49. The summed E-state index contributed by atoms with van der Waals surface area (Å²) >= 11 is 12.5. The van der Waals surface area contributed by atoms with Gasteiger partial charge >= 0.3 is 6.18 Å². The summed E-state index contributed by atoms with van der Waals surface area (Å²) in [6.07, 6.45) is -4.01. The van der Waals surface area contributed by atoms with Gasteiger partial charge in [-0.3, -0.25) is 5.10 Å². The van der Waals surface area contributed by atoms with Gasteiger partial charge < -0.3 is 10.6 Å². The largest absolute Gasteiger partial charge is 0.416 e. The molecule has 0 radical (unpaired) electrons. The van der Waals surface area contributed by atoms with Gasteiger partial charge in [0.2, 0.25) is 5.95 Å². The summed E-state index contributed by atoms with van der Waals surface area (Å²) in [7, 11) is 0. The van der Waals surface area contributed by atoms with Crippen LogP contribution in [0.2, 0.25) is 10.0 Å². The van der Waals surface area contributed by atoms with Crippen LogP contribution in [0.25, 0.3) is 22.3 Å². The number of anilines is 1. The number of benzene rings is 2. The Morgan fingerprint density at radius 2 is 1.78 bits per heavy atom. The molecule has 1 aliphatic heterocycles. The van der Waals surface area contributed by atoms with Crippen molar-refractivity contribution in [1.82, 2.24) is 20.2 Å². The molecule has 2 aromatic heterocycles. The third kappa shape index (κ3) is 4.13. The van der Waals surface area contributed by atoms with Gasteiger partial charge in [-0.2, -0.15) is 28.5 Å². The smallest absolute Gasteiger partial charge is 0.341 e. The van der Waals surface area contributed by atoms with Crippen molar-refractivity contribution < 1.29 is 13.2 Å². The van der Waals surface area contributed by atoms with Crippen molar-refractivity contribution in [3.63, 3.8) is 0 Å². The summed E-state index contributed by atoms with van der Waals surface area (Å²) in [6, 6.07) is 12.6. The molecule has 4 aromatic rings. The number of aromatic amines is 1. The molecule has 0 unspecified atom stereocenters. The van der Waals surface area contributed by atoms with Crippen LogP contribution in [0.15, 0.2) is 42.5 Å². The summed E-state index contributed by atoms with van der Waals surface area (Å²) < 4.78 is 40.7. The normalized spacial score (nSPS) is 15.8. The van der Waals surface area contributed by atoms with Crippen LogP contribution in [0, 0.1) is 11.3 Å². The van der Waals surface area contributed by atoms with Gasteiger partial charge in [-0.25, -0.2) is 4.98 Å². The molecule has 0 amide bonds. The fraction of sp³-hybridized carbons (Fsp3) is 0.250. The molecule has 0 aliphatic carbocycles. The highest BCUT2D eigenvalue weighted by atomic mass is 35.5. The van der Waals surface area contributed by atoms with Crippen LogP contribution in [0.3, 0.4) is 0 Å². The maximum Gasteiger partial charge on any atom is 0.416 e. The molecule has 1 fully saturated rings. The molecule has 1 saturated heterocycles. The lowest BCUT2D eigenvalue weighted by atomic mass is 9.79. The van der Waals surface area contributed by atoms with Crippen LogP contribution < -0.4 is 10.6 Å². The number of fused-ring (bicyclic) bond motifs is 1. The maximum atomic E-state index is 13.6. The Labute approximate surface area is 213 Å². The summed E-state index contributed by atoms with van der Waals surface area (Å²) in [5.41, 5.74) is 6.04. The standard InChI is InChI=1S/C24H18Cl2F3N7/c25-16-7-3-4-13(19(16)26)20-18-17(12-30)32-22(33-21(18)35-34-20)36-10-8-23(31,9-11-36)14-5-1-2-6-15(14)24(27,28)29/h1-7H,8-11,31H2,(H,32,33,34,35). The first kappa shape index (κ1) is 24.3. The molecule has 1 aliphatic rings. The van der Waals surface area contributed by atoms with Crippen molar-refractivity contribution in [2.45, 2.75) is 24.6 Å². The van der Waals surface area contributed by atoms with E-state index >= 15 is 0 Å². The molecule has 0 bridgehead atoms. The van der Waals surface area contributed by atoms with Crippen molar-refractivity contribution in [3.8, 4) is 17.3 Å². The molecule has 184 valence electrons. The number of rotatable bonds is 3. The molecule has 3 N–H and O–H groups in total. The fourth-order valence-electron chi connectivity index (χ4n) is 4.57. The van der Waals surface area contributed by atoms with Crippen LogP contribution >= 0.6 is 23.2 Å². The second kappa shape index (κ2) is 8.92. The molecule has 3 heterocycles. The highest BCUT2D eigenvalue weighted by Crippen LogP contribution is 2.41. The first-order valence-electron chi connectivity index (χ1n) is 10.9. The Bertz CT molecular complexity index is 1500. The summed E-state index contributed by atoms with van der Waals surface area (Å²) in [5, 5.41) is 18.0. The summed E-state index contributed by atoms with van der Waals surface area (Å²) in [5.74, 6) is 0.250. The van der Waals surface area contributed by atoms with Crippen molar-refractivity contribution in [1.29, 1.82) is 5.26 Å². The molecule has 0 atom stereocenters. The number of H-pyrrole nitrogens is 1. The second-order valence-corrected chi connectivity index (χ2v) is 9.35. The predicted molar refractivity (Wildman–Crippen MR) is 131 cm³/mol. The third-order valence-electron chi connectivity index (χ3n) is 6.44. The number of hydrogen-bond donors (Lipinski definition) is 2. The Balaban J connectivity index is 1.47. The van der Waals surface area contributed by atoms with Crippen LogP contribution in [0.1, 0.15) is 29.7 Å². The average Bonchev–Trinajstić information content (AvgIpc) is 3.29. The van der Waals surface area contributed by atoms with Crippen molar-refractivity contribution in [3.05, 3.63) is 69.3 Å². The minimum Gasteiger partial charge on any atom is -0.341 e. The highest BCUT2D eigenvalue weighted by Gasteiger charge is 2.41. The van der Waals surface area contributed by atoms with Gasteiger partial charge in [0, 0.05) is 24.2 Å². The zero-order valence-electron chi connectivity index (χ0n) is 18.6. The van der Waals surface area contributed by atoms with Crippen LogP contribution in [0.4, 0.5) is 19.1 Å². The van der Waals surface area contributed by atoms with Crippen LogP contribution in [-0.2, 0) is 11.7 Å². The molecule has 7 nitrogen and oxygen atoms in total. The minimum absolute atomic E-state index is 0.0709. The fourth-order valence-corrected chi connectivity index (χ4v) is 4.96. The topological polar surface area (TPSA) is 108 Å². The number of nitrogens with one attached hydrogen (secondary N) is 1. The van der Waals surface area contributed by atoms with Gasteiger partial charge in [0.1, 0.15) is 6.07 Å². The van der Waals surface area contributed by atoms with Gasteiger partial charge in [-0.15, -0.1) is 0 Å². The number of aromatic nitrogens is 4. The number of nitriles is 1. The van der Waals surface area contributed by atoms with Crippen molar-refractivity contribution in [2.24, 2.45) is 5.73 Å². The SMILES string of the molecule is N#Cc1nc(N2CCC(N)(c3ccccc3C(F)(F)F)CC2)nc2n[nH]c(-c3cccc(Cl)c3Cl)c12. The van der Waals surface area contributed by atoms with Crippen molar-refractivity contribution >= 4 is 40.2 Å². The van der Waals surface area contributed by atoms with Crippen LogP contribution in [0.5, 0.6) is 0 Å². The number of nitrogens with two attached hydrogens (primary N) is 1. The van der Waals surface area contributed by atoms with Crippen molar-refractivity contribution in [2.75, 3.05) is 18.0 Å². The Kier molecular flexibility index (Phi) is 6.03. The van der Waals surface area contributed by atoms with E-state index in [2.05, 4.69) is 26.2 Å². The highest BCUT2D eigenvalue weighted by molar-refractivity contribution is 6.43. The van der Waals surface area contributed by atoms with E-state index in [1.807, 2.05) is 0 Å². The molecule has 0 spiro atoms. The zero-order valence-corrected chi connectivity index (χ0v) is 20.1. The molecular formula is C24H18Cl2F3N7. The van der Waals surface area contributed by atoms with E-state index in [1.54, 1.807) is 29.2 Å². The number of alkyl halides is 3. The van der Waals surface area contributed by atoms with Gasteiger partial charge in [-0.05, 0) is 30.5 Å². The number of nitrogens with zero attached hydrogens (tertiary/aromatic N) is 5. The Morgan fingerprint density at radius 3 is 2.47 bits per heavy atom. The lowest BCUT2D eigenvalue weighted by Gasteiger charge is -2.40. The average molecular weight is 532 g/mol. The van der Waals surface area contributed by atoms with E-state index in [-0.39, 0.29) is 35.7 Å². The van der Waals surface area contributed by atoms with E-state index in [4.69, 9.17) is 28.9 Å². The molecular weight excluding hydrogens is 514 g/mol. The molecule has 5 rings (SSSR count). The molecule has 36 heavy (non-hydrogen) atoms. The van der Waals surface area contributed by atoms with Gasteiger partial charge in [0.25, 0.3) is 0 Å². The summed E-state index contributed by atoms with van der Waals surface area (Å²) in [6.45, 7) is 0.604.